The molecule has 3 N–H and O–H groups in total. The maximum Gasteiger partial charge on any atom is 0.221 e. The monoisotopic (exact) mass is 325 g/mol. The van der Waals surface area contributed by atoms with Crippen molar-refractivity contribution in [3.8, 4) is 0 Å². The van der Waals surface area contributed by atoms with Crippen LogP contribution < -0.4 is 16.0 Å². The highest BCUT2D eigenvalue weighted by Crippen LogP contribution is 2.24. The summed E-state index contributed by atoms with van der Waals surface area (Å²) >= 11 is 0. The Morgan fingerprint density at radius 1 is 1.04 bits per heavy atom. The summed E-state index contributed by atoms with van der Waals surface area (Å²) in [5.74, 6) is 2.28. The van der Waals surface area contributed by atoms with Gasteiger partial charge in [-0.25, -0.2) is 9.97 Å². The van der Waals surface area contributed by atoms with Gasteiger partial charge in [0.15, 0.2) is 0 Å². The van der Waals surface area contributed by atoms with Crippen molar-refractivity contribution in [1.29, 1.82) is 0 Å². The normalized spacial score (nSPS) is 14.4. The van der Waals surface area contributed by atoms with Crippen molar-refractivity contribution < 1.29 is 4.79 Å². The molecule has 1 heterocycles. The third-order valence-electron chi connectivity index (χ3n) is 4.02. The maximum atomic E-state index is 11.1. The molecule has 1 amide bonds. The van der Waals surface area contributed by atoms with Crippen LogP contribution in [0.2, 0.25) is 0 Å². The molecule has 6 heteroatoms. The molecule has 0 atom stereocenters. The van der Waals surface area contributed by atoms with Crippen LogP contribution in [0.4, 0.5) is 23.0 Å². The Bertz CT molecular complexity index is 708. The van der Waals surface area contributed by atoms with Crippen molar-refractivity contribution in [2.45, 2.75) is 45.6 Å². The van der Waals surface area contributed by atoms with Crippen LogP contribution in [0.25, 0.3) is 0 Å². The number of carbonyl (C=O) groups excluding carboxylic acids is 1. The predicted molar refractivity (Wildman–Crippen MR) is 96.7 cm³/mol. The number of hydrogen-bond acceptors (Lipinski definition) is 5. The van der Waals surface area contributed by atoms with Crippen LogP contribution in [0.5, 0.6) is 0 Å². The molecule has 3 rings (SSSR count). The zero-order valence-electron chi connectivity index (χ0n) is 14.1. The molecule has 1 aromatic carbocycles. The molecule has 0 aliphatic heterocycles. The molecule has 6 nitrogen and oxygen atoms in total. The highest BCUT2D eigenvalue weighted by atomic mass is 16.1. The number of anilines is 4. The smallest absolute Gasteiger partial charge is 0.221 e. The summed E-state index contributed by atoms with van der Waals surface area (Å²) in [6, 6.07) is 9.99. The first-order valence-electron chi connectivity index (χ1n) is 8.35. The van der Waals surface area contributed by atoms with E-state index in [0.717, 1.165) is 28.8 Å². The number of benzene rings is 1. The molecule has 24 heavy (non-hydrogen) atoms. The topological polar surface area (TPSA) is 78.9 Å². The van der Waals surface area contributed by atoms with Crippen LogP contribution in [-0.4, -0.2) is 21.9 Å². The van der Waals surface area contributed by atoms with Crippen LogP contribution in [-0.2, 0) is 4.79 Å². The molecule has 0 saturated heterocycles. The Labute approximate surface area is 142 Å². The fourth-order valence-corrected chi connectivity index (χ4v) is 2.97. The average molecular weight is 325 g/mol. The fraction of sp³-hybridized carbons (Fsp3) is 0.389. The molecule has 0 spiro atoms. The average Bonchev–Trinajstić information content (AvgIpc) is 3.01. The summed E-state index contributed by atoms with van der Waals surface area (Å²) in [5, 5.41) is 9.54. The summed E-state index contributed by atoms with van der Waals surface area (Å²) < 4.78 is 0. The molecule has 1 saturated carbocycles. The lowest BCUT2D eigenvalue weighted by Crippen LogP contribution is -2.16. The Hall–Kier alpha value is -2.63. The summed E-state index contributed by atoms with van der Waals surface area (Å²) in [4.78, 5) is 20.0. The molecule has 0 bridgehead atoms. The highest BCUT2D eigenvalue weighted by Gasteiger charge is 2.15. The van der Waals surface area contributed by atoms with Crippen molar-refractivity contribution in [2.75, 3.05) is 16.0 Å². The molecule has 0 unspecified atom stereocenters. The second kappa shape index (κ2) is 7.29. The van der Waals surface area contributed by atoms with E-state index < -0.39 is 0 Å². The van der Waals surface area contributed by atoms with Crippen LogP contribution >= 0.6 is 0 Å². The Morgan fingerprint density at radius 2 is 1.67 bits per heavy atom. The van der Waals surface area contributed by atoms with Gasteiger partial charge in [0, 0.05) is 30.4 Å². The molecular formula is C18H23N5O. The second-order valence-corrected chi connectivity index (χ2v) is 6.19. The van der Waals surface area contributed by atoms with E-state index >= 15 is 0 Å². The fourth-order valence-electron chi connectivity index (χ4n) is 2.97. The third kappa shape index (κ3) is 4.44. The molecule has 1 aliphatic rings. The van der Waals surface area contributed by atoms with Crippen LogP contribution in [0.3, 0.4) is 0 Å². The summed E-state index contributed by atoms with van der Waals surface area (Å²) in [5.41, 5.74) is 1.68. The molecular weight excluding hydrogens is 302 g/mol. The highest BCUT2D eigenvalue weighted by molar-refractivity contribution is 5.88. The van der Waals surface area contributed by atoms with E-state index in [0.29, 0.717) is 6.04 Å². The number of nitrogens with one attached hydrogen (secondary N) is 3. The lowest BCUT2D eigenvalue weighted by atomic mass is 10.2. The molecule has 1 aliphatic carbocycles. The SMILES string of the molecule is CC(=O)Nc1ccc(Nc2cc(NC3CCCC3)nc(C)n2)cc1. The van der Waals surface area contributed by atoms with E-state index in [1.807, 2.05) is 37.3 Å². The number of amides is 1. The van der Waals surface area contributed by atoms with Gasteiger partial charge in [-0.3, -0.25) is 4.79 Å². The third-order valence-corrected chi connectivity index (χ3v) is 4.02. The van der Waals surface area contributed by atoms with E-state index in [9.17, 15) is 4.79 Å². The largest absolute Gasteiger partial charge is 0.367 e. The van der Waals surface area contributed by atoms with Gasteiger partial charge in [0.05, 0.1) is 0 Å². The number of aromatic nitrogens is 2. The van der Waals surface area contributed by atoms with Crippen molar-refractivity contribution >= 4 is 28.9 Å². The predicted octanol–water partition coefficient (Wildman–Crippen LogP) is 3.84. The second-order valence-electron chi connectivity index (χ2n) is 6.19. The van der Waals surface area contributed by atoms with Crippen LogP contribution in [0.1, 0.15) is 38.4 Å². The minimum atomic E-state index is -0.0789. The van der Waals surface area contributed by atoms with Gasteiger partial charge in [0.2, 0.25) is 5.91 Å². The standard InChI is InChI=1S/C18H23N5O/c1-12-19-17(22-14-5-3-4-6-14)11-18(20-12)23-16-9-7-15(8-10-16)21-13(2)24/h7-11,14H,3-6H2,1-2H3,(H,21,24)(H2,19,20,22,23). The first kappa shape index (κ1) is 16.2. The van der Waals surface area contributed by atoms with Crippen molar-refractivity contribution in [3.05, 3.63) is 36.2 Å². The Kier molecular flexibility index (Phi) is 4.93. The van der Waals surface area contributed by atoms with Gasteiger partial charge < -0.3 is 16.0 Å². The number of rotatable bonds is 5. The van der Waals surface area contributed by atoms with Crippen molar-refractivity contribution in [2.24, 2.45) is 0 Å². The zero-order valence-corrected chi connectivity index (χ0v) is 14.1. The van der Waals surface area contributed by atoms with Gasteiger partial charge in [-0.15, -0.1) is 0 Å². The number of carbonyl (C=O) groups is 1. The minimum Gasteiger partial charge on any atom is -0.367 e. The van der Waals surface area contributed by atoms with Gasteiger partial charge in [0.1, 0.15) is 17.5 Å². The van der Waals surface area contributed by atoms with E-state index in [-0.39, 0.29) is 5.91 Å². The Balaban J connectivity index is 1.69. The van der Waals surface area contributed by atoms with Gasteiger partial charge in [0.25, 0.3) is 0 Å². The molecule has 126 valence electrons. The summed E-state index contributed by atoms with van der Waals surface area (Å²) in [6.45, 7) is 3.39. The Morgan fingerprint density at radius 3 is 2.33 bits per heavy atom. The lowest BCUT2D eigenvalue weighted by Gasteiger charge is -2.14. The van der Waals surface area contributed by atoms with E-state index in [2.05, 4.69) is 25.9 Å². The number of aryl methyl sites for hydroxylation is 1. The molecule has 1 fully saturated rings. The van der Waals surface area contributed by atoms with Gasteiger partial charge in [-0.2, -0.15) is 0 Å². The number of hydrogen-bond donors (Lipinski definition) is 3. The summed E-state index contributed by atoms with van der Waals surface area (Å²) in [7, 11) is 0. The molecule has 2 aromatic rings. The van der Waals surface area contributed by atoms with Gasteiger partial charge >= 0.3 is 0 Å². The van der Waals surface area contributed by atoms with E-state index in [1.165, 1.54) is 32.6 Å². The van der Waals surface area contributed by atoms with Crippen molar-refractivity contribution in [1.82, 2.24) is 9.97 Å². The molecule has 1 aromatic heterocycles. The quantitative estimate of drug-likeness (QED) is 0.778. The minimum absolute atomic E-state index is 0.0789. The lowest BCUT2D eigenvalue weighted by molar-refractivity contribution is -0.114. The van der Waals surface area contributed by atoms with Crippen LogP contribution in [0, 0.1) is 6.92 Å². The van der Waals surface area contributed by atoms with E-state index in [1.54, 1.807) is 0 Å². The zero-order chi connectivity index (χ0) is 16.9. The number of nitrogens with zero attached hydrogens (tertiary/aromatic N) is 2. The maximum absolute atomic E-state index is 11.1. The van der Waals surface area contributed by atoms with Crippen molar-refractivity contribution in [3.63, 3.8) is 0 Å². The summed E-state index contributed by atoms with van der Waals surface area (Å²) in [6.07, 6.45) is 4.98. The first-order chi connectivity index (χ1) is 11.6. The van der Waals surface area contributed by atoms with Gasteiger partial charge in [-0.1, -0.05) is 12.8 Å². The van der Waals surface area contributed by atoms with E-state index in [4.69, 9.17) is 0 Å². The molecule has 0 radical (unpaired) electrons. The van der Waals surface area contributed by atoms with Gasteiger partial charge in [-0.05, 0) is 44.0 Å². The van der Waals surface area contributed by atoms with Crippen LogP contribution in [0.15, 0.2) is 30.3 Å². The first-order valence-corrected chi connectivity index (χ1v) is 8.35.